The molecular formula is C33H29BrN6O3. The molecule has 4 atom stereocenters. The molecule has 216 valence electrons. The number of halogens is 1. The number of anilines is 1. The summed E-state index contributed by atoms with van der Waals surface area (Å²) < 4.78 is 0.634. The van der Waals surface area contributed by atoms with E-state index < -0.39 is 23.9 Å². The summed E-state index contributed by atoms with van der Waals surface area (Å²) >= 11 is 3.48. The maximum absolute atomic E-state index is 14.1. The minimum absolute atomic E-state index is 0.0482. The first kappa shape index (κ1) is 27.4. The molecule has 3 aromatic carbocycles. The Labute approximate surface area is 257 Å². The normalized spacial score (nSPS) is 25.4. The first-order valence-electron chi connectivity index (χ1n) is 14.4. The lowest BCUT2D eigenvalue weighted by molar-refractivity contribution is -0.136. The molecule has 0 aromatic heterocycles. The highest BCUT2D eigenvalue weighted by molar-refractivity contribution is 9.10. The van der Waals surface area contributed by atoms with Gasteiger partial charge >= 0.3 is 0 Å². The van der Waals surface area contributed by atoms with Crippen molar-refractivity contribution in [1.82, 2.24) is 10.0 Å². The topological polar surface area (TPSA) is 98.0 Å². The van der Waals surface area contributed by atoms with Crippen LogP contribution in [0.15, 0.2) is 104 Å². The quantitative estimate of drug-likeness (QED) is 0.327. The number of aryl methyl sites for hydroxylation is 1. The number of allylic oxidation sites excluding steroid dienone is 1. The van der Waals surface area contributed by atoms with Gasteiger partial charge in [0.15, 0.2) is 12.1 Å². The summed E-state index contributed by atoms with van der Waals surface area (Å²) in [6.07, 6.45) is 4.97. The maximum Gasteiger partial charge on any atom is 0.264 e. The van der Waals surface area contributed by atoms with Gasteiger partial charge in [0.1, 0.15) is 6.54 Å². The van der Waals surface area contributed by atoms with E-state index >= 15 is 0 Å². The van der Waals surface area contributed by atoms with Crippen LogP contribution in [0.1, 0.15) is 42.0 Å². The van der Waals surface area contributed by atoms with E-state index in [2.05, 4.69) is 44.5 Å². The first-order valence-corrected chi connectivity index (χ1v) is 15.2. The van der Waals surface area contributed by atoms with E-state index in [0.29, 0.717) is 10.2 Å². The number of fused-ring (bicyclic) bond motifs is 2. The third-order valence-electron chi connectivity index (χ3n) is 8.54. The second kappa shape index (κ2) is 11.0. The number of carbonyl (C=O) groups excluding carboxylic acids is 3. The van der Waals surface area contributed by atoms with E-state index in [-0.39, 0.29) is 24.4 Å². The highest BCUT2D eigenvalue weighted by atomic mass is 79.9. The van der Waals surface area contributed by atoms with Gasteiger partial charge in [-0.1, -0.05) is 72.0 Å². The van der Waals surface area contributed by atoms with Crippen LogP contribution in [-0.4, -0.2) is 52.1 Å². The number of benzene rings is 3. The molecule has 0 radical (unpaired) electrons. The van der Waals surface area contributed by atoms with Crippen molar-refractivity contribution in [2.45, 2.75) is 44.3 Å². The number of carbonyl (C=O) groups is 3. The molecule has 10 heteroatoms. The number of nitrogens with zero attached hydrogens (tertiary/aromatic N) is 6. The Balaban J connectivity index is 1.18. The van der Waals surface area contributed by atoms with Gasteiger partial charge in [-0.15, -0.1) is 0 Å². The van der Waals surface area contributed by atoms with Gasteiger partial charge in [0.25, 0.3) is 17.7 Å². The van der Waals surface area contributed by atoms with E-state index in [0.717, 1.165) is 52.1 Å². The van der Waals surface area contributed by atoms with Crippen LogP contribution in [0.3, 0.4) is 0 Å². The number of imide groups is 1. The summed E-state index contributed by atoms with van der Waals surface area (Å²) in [5.41, 5.74) is 5.61. The van der Waals surface area contributed by atoms with Gasteiger partial charge in [-0.25, -0.2) is 9.91 Å². The number of rotatable bonds is 5. The first-order chi connectivity index (χ1) is 20.9. The number of amides is 3. The Bertz CT molecular complexity index is 1710. The Morgan fingerprint density at radius 1 is 0.977 bits per heavy atom. The zero-order chi connectivity index (χ0) is 29.7. The van der Waals surface area contributed by atoms with Gasteiger partial charge < -0.3 is 0 Å². The average molecular weight is 638 g/mol. The van der Waals surface area contributed by atoms with Crippen LogP contribution in [-0.2, 0) is 14.4 Å². The van der Waals surface area contributed by atoms with Crippen LogP contribution >= 0.6 is 15.9 Å². The van der Waals surface area contributed by atoms with Crippen molar-refractivity contribution in [3.05, 3.63) is 106 Å². The lowest BCUT2D eigenvalue weighted by Crippen LogP contribution is -2.45. The summed E-state index contributed by atoms with van der Waals surface area (Å²) in [4.78, 5) is 42.1. The molecule has 1 saturated heterocycles. The summed E-state index contributed by atoms with van der Waals surface area (Å²) in [6, 6.07) is 23.3. The summed E-state index contributed by atoms with van der Waals surface area (Å²) in [5, 5.41) is 16.1. The zero-order valence-electron chi connectivity index (χ0n) is 23.5. The smallest absolute Gasteiger partial charge is 0.264 e. The predicted octanol–water partition coefficient (Wildman–Crippen LogP) is 5.87. The largest absolute Gasteiger partial charge is 0.271 e. The van der Waals surface area contributed by atoms with Crippen molar-refractivity contribution in [2.75, 3.05) is 11.4 Å². The Morgan fingerprint density at radius 2 is 1.72 bits per heavy atom. The number of hydrogen-bond donors (Lipinski definition) is 0. The minimum atomic E-state index is -0.994. The molecule has 0 bridgehead atoms. The highest BCUT2D eigenvalue weighted by Gasteiger charge is 2.56. The molecule has 3 amide bonds. The van der Waals surface area contributed by atoms with Crippen LogP contribution < -0.4 is 4.90 Å². The van der Waals surface area contributed by atoms with E-state index in [4.69, 9.17) is 5.10 Å². The van der Waals surface area contributed by atoms with Crippen molar-refractivity contribution < 1.29 is 14.4 Å². The molecule has 43 heavy (non-hydrogen) atoms. The van der Waals surface area contributed by atoms with Crippen LogP contribution in [0.4, 0.5) is 5.69 Å². The predicted molar refractivity (Wildman–Crippen MR) is 166 cm³/mol. The van der Waals surface area contributed by atoms with Gasteiger partial charge in [-0.3, -0.25) is 19.4 Å². The minimum Gasteiger partial charge on any atom is -0.271 e. The molecule has 0 N–H and O–H groups in total. The number of hydrazone groups is 1. The van der Waals surface area contributed by atoms with Crippen molar-refractivity contribution in [2.24, 2.45) is 21.4 Å². The van der Waals surface area contributed by atoms with Gasteiger partial charge in [0, 0.05) is 10.4 Å². The molecule has 3 heterocycles. The fourth-order valence-corrected chi connectivity index (χ4v) is 7.21. The number of hydrogen-bond acceptors (Lipinski definition) is 7. The molecule has 1 aliphatic carbocycles. The van der Waals surface area contributed by atoms with E-state index in [1.807, 2.05) is 67.6 Å². The molecular weight excluding hydrogens is 608 g/mol. The molecule has 3 aromatic rings. The lowest BCUT2D eigenvalue weighted by atomic mass is 9.77. The molecule has 0 unspecified atom stereocenters. The zero-order valence-corrected chi connectivity index (χ0v) is 25.1. The van der Waals surface area contributed by atoms with E-state index in [9.17, 15) is 14.4 Å². The van der Waals surface area contributed by atoms with Gasteiger partial charge in [-0.2, -0.15) is 10.2 Å². The summed E-state index contributed by atoms with van der Waals surface area (Å²) in [5.74, 6) is -1.16. The van der Waals surface area contributed by atoms with Crippen molar-refractivity contribution in [3.8, 4) is 0 Å². The highest BCUT2D eigenvalue weighted by Crippen LogP contribution is 2.45. The van der Waals surface area contributed by atoms with Crippen LogP contribution in [0, 0.1) is 12.8 Å². The fourth-order valence-electron chi connectivity index (χ4n) is 6.54. The standard InChI is InChI=1S/C33H29BrN6O3/c1-20-15-16-26(25(34)17-20)39-32(42)29-31(33(39)43)38(37-35-29)19-27(41)40-30(22-11-6-3-7-12-22)24-14-8-13-23(28(24)36-40)18-21-9-4-2-5-10-21/h2-7,9-12,15-18,24,29-31H,8,13-14,19H2,1H3/b23-18+/t24-,29-,30-,31-/m1/s1. The van der Waals surface area contributed by atoms with Gasteiger partial charge in [0.05, 0.1) is 17.4 Å². The molecule has 3 aliphatic heterocycles. The molecule has 7 rings (SSSR count). The fraction of sp³-hybridized carbons (Fsp3) is 0.273. The summed E-state index contributed by atoms with van der Waals surface area (Å²) in [6.45, 7) is 1.70. The Morgan fingerprint density at radius 3 is 2.47 bits per heavy atom. The molecule has 0 spiro atoms. The third-order valence-corrected chi connectivity index (χ3v) is 9.17. The lowest BCUT2D eigenvalue weighted by Gasteiger charge is -2.30. The molecule has 1 saturated carbocycles. The third kappa shape index (κ3) is 4.79. The Hall–Kier alpha value is -4.44. The van der Waals surface area contributed by atoms with Crippen molar-refractivity contribution >= 4 is 51.1 Å². The van der Waals surface area contributed by atoms with Crippen LogP contribution in [0.5, 0.6) is 0 Å². The molecule has 4 aliphatic rings. The summed E-state index contributed by atoms with van der Waals surface area (Å²) in [7, 11) is 0. The Kier molecular flexibility index (Phi) is 7.01. The SMILES string of the molecule is Cc1ccc(N2C(=O)[C@@H]3N=NN(CC(=O)N4N=C5/C(=C/c6ccccc6)CCC[C@H]5[C@H]4c4ccccc4)[C@H]3C2=O)c(Br)c1. The molecule has 2 fully saturated rings. The molecule has 9 nitrogen and oxygen atoms in total. The van der Waals surface area contributed by atoms with Crippen LogP contribution in [0.25, 0.3) is 6.08 Å². The monoisotopic (exact) mass is 636 g/mol. The van der Waals surface area contributed by atoms with Crippen molar-refractivity contribution in [1.29, 1.82) is 0 Å². The van der Waals surface area contributed by atoms with Gasteiger partial charge in [-0.05, 0) is 82.6 Å². The van der Waals surface area contributed by atoms with Crippen molar-refractivity contribution in [3.63, 3.8) is 0 Å². The maximum atomic E-state index is 14.1. The average Bonchev–Trinajstić information content (AvgIpc) is 3.68. The van der Waals surface area contributed by atoms with Crippen LogP contribution in [0.2, 0.25) is 0 Å². The van der Waals surface area contributed by atoms with Gasteiger partial charge in [0.2, 0.25) is 0 Å². The second-order valence-electron chi connectivity index (χ2n) is 11.3. The van der Waals surface area contributed by atoms with E-state index in [1.165, 1.54) is 5.01 Å². The van der Waals surface area contributed by atoms with E-state index in [1.54, 1.807) is 11.1 Å². The second-order valence-corrected chi connectivity index (χ2v) is 12.2.